The maximum absolute atomic E-state index is 14.2. The first-order valence-electron chi connectivity index (χ1n) is 7.96. The fourth-order valence-corrected chi connectivity index (χ4v) is 2.87. The number of hydrogen-bond donors (Lipinski definition) is 1. The highest BCUT2D eigenvalue weighted by Gasteiger charge is 2.15. The molecule has 9 heteroatoms. The van der Waals surface area contributed by atoms with Gasteiger partial charge >= 0.3 is 0 Å². The van der Waals surface area contributed by atoms with Gasteiger partial charge in [-0.1, -0.05) is 40.7 Å². The highest BCUT2D eigenvalue weighted by atomic mass is 79.9. The number of fused-ring (bicyclic) bond motifs is 1. The van der Waals surface area contributed by atoms with Crippen molar-refractivity contribution in [2.45, 2.75) is 6.61 Å². The van der Waals surface area contributed by atoms with Crippen molar-refractivity contribution >= 4 is 44.3 Å². The smallest absolute Gasteiger partial charge is 0.166 e. The molecule has 0 amide bonds. The molecular formula is C19H14BrClFN5O. The minimum Gasteiger partial charge on any atom is -0.485 e. The van der Waals surface area contributed by atoms with Crippen LogP contribution in [-0.4, -0.2) is 19.9 Å². The van der Waals surface area contributed by atoms with Gasteiger partial charge in [0.25, 0.3) is 0 Å². The molecule has 2 heterocycles. The first-order valence-corrected chi connectivity index (χ1v) is 9.13. The molecule has 0 atom stereocenters. The van der Waals surface area contributed by atoms with Crippen molar-refractivity contribution in [1.29, 1.82) is 0 Å². The first kappa shape index (κ1) is 19.9. The molecule has 0 unspecified atom stereocenters. The molecule has 3 aromatic rings. The predicted molar refractivity (Wildman–Crippen MR) is 111 cm³/mol. The van der Waals surface area contributed by atoms with Gasteiger partial charge in [0.1, 0.15) is 24.5 Å². The van der Waals surface area contributed by atoms with Gasteiger partial charge in [0.15, 0.2) is 11.7 Å². The van der Waals surface area contributed by atoms with Gasteiger partial charge in [-0.05, 0) is 24.3 Å². The van der Waals surface area contributed by atoms with Crippen molar-refractivity contribution in [3.8, 4) is 5.75 Å². The van der Waals surface area contributed by atoms with E-state index in [4.69, 9.17) is 16.3 Å². The quantitative estimate of drug-likeness (QED) is 0.481. The minimum atomic E-state index is -0.735. The van der Waals surface area contributed by atoms with E-state index < -0.39 is 5.83 Å². The van der Waals surface area contributed by atoms with Gasteiger partial charge in [-0.25, -0.2) is 24.3 Å². The van der Waals surface area contributed by atoms with Crippen LogP contribution in [0.15, 0.2) is 77.2 Å². The lowest BCUT2D eigenvalue weighted by Gasteiger charge is -2.14. The number of nitrogens with one attached hydrogen (secondary N) is 1. The van der Waals surface area contributed by atoms with E-state index in [1.807, 2.05) is 0 Å². The molecule has 6 nitrogen and oxygen atoms in total. The number of benzene rings is 1. The SMILES string of the molecule is C=C/C(Nc1ncnc2cc(Br)cc(OCc3ncccn3)c12)=C(/F)C(=C)Cl. The monoisotopic (exact) mass is 461 g/mol. The highest BCUT2D eigenvalue weighted by molar-refractivity contribution is 9.10. The third-order valence-electron chi connectivity index (χ3n) is 3.57. The van der Waals surface area contributed by atoms with Crippen molar-refractivity contribution in [2.75, 3.05) is 5.32 Å². The molecule has 1 N–H and O–H groups in total. The van der Waals surface area contributed by atoms with E-state index in [-0.39, 0.29) is 17.3 Å². The number of hydrogen-bond acceptors (Lipinski definition) is 6. The van der Waals surface area contributed by atoms with Crippen LogP contribution in [0.1, 0.15) is 5.82 Å². The molecule has 0 saturated heterocycles. The van der Waals surface area contributed by atoms with Crippen molar-refractivity contribution in [3.05, 3.63) is 83.0 Å². The molecule has 142 valence electrons. The average Bonchev–Trinajstić information content (AvgIpc) is 2.70. The minimum absolute atomic E-state index is 0.0280. The zero-order valence-electron chi connectivity index (χ0n) is 14.5. The summed E-state index contributed by atoms with van der Waals surface area (Å²) in [4.78, 5) is 16.7. The Morgan fingerprint density at radius 1 is 1.25 bits per heavy atom. The Hall–Kier alpha value is -2.84. The zero-order valence-corrected chi connectivity index (χ0v) is 16.8. The van der Waals surface area contributed by atoms with Gasteiger partial charge in [0, 0.05) is 16.9 Å². The summed E-state index contributed by atoms with van der Waals surface area (Å²) in [6, 6.07) is 5.27. The van der Waals surface area contributed by atoms with Gasteiger partial charge in [-0.3, -0.25) is 0 Å². The van der Waals surface area contributed by atoms with Crippen molar-refractivity contribution in [3.63, 3.8) is 0 Å². The van der Waals surface area contributed by atoms with E-state index in [2.05, 4.69) is 54.3 Å². The molecule has 0 aliphatic carbocycles. The van der Waals surface area contributed by atoms with Crippen LogP contribution < -0.4 is 10.1 Å². The van der Waals surface area contributed by atoms with Crippen LogP contribution in [-0.2, 0) is 6.61 Å². The highest BCUT2D eigenvalue weighted by Crippen LogP contribution is 2.34. The second kappa shape index (κ2) is 8.90. The third-order valence-corrected chi connectivity index (χ3v) is 4.20. The van der Waals surface area contributed by atoms with Crippen molar-refractivity contribution in [1.82, 2.24) is 19.9 Å². The second-order valence-corrected chi connectivity index (χ2v) is 6.81. The van der Waals surface area contributed by atoms with Crippen LogP contribution in [0, 0.1) is 0 Å². The van der Waals surface area contributed by atoms with Crippen LogP contribution in [0.3, 0.4) is 0 Å². The third kappa shape index (κ3) is 4.52. The lowest BCUT2D eigenvalue weighted by Crippen LogP contribution is -2.05. The summed E-state index contributed by atoms with van der Waals surface area (Å²) in [7, 11) is 0. The van der Waals surface area contributed by atoms with Crippen molar-refractivity contribution in [2.24, 2.45) is 0 Å². The van der Waals surface area contributed by atoms with E-state index in [1.165, 1.54) is 12.4 Å². The standard InChI is InChI=1S/C19H14BrClFN5O/c1-3-13(18(22)11(2)21)27-19-17-14(25-10-26-19)7-12(20)8-15(17)28-9-16-23-5-4-6-24-16/h3-8,10H,1-2,9H2,(H,25,26,27)/b18-13-. The first-order chi connectivity index (χ1) is 13.5. The van der Waals surface area contributed by atoms with Crippen LogP contribution in [0.4, 0.5) is 10.2 Å². The summed E-state index contributed by atoms with van der Waals surface area (Å²) in [6.45, 7) is 7.12. The van der Waals surface area contributed by atoms with E-state index >= 15 is 0 Å². The van der Waals surface area contributed by atoms with Gasteiger partial charge in [0.05, 0.1) is 21.6 Å². The van der Waals surface area contributed by atoms with E-state index in [0.29, 0.717) is 28.3 Å². The van der Waals surface area contributed by atoms with Gasteiger partial charge in [-0.2, -0.15) is 0 Å². The van der Waals surface area contributed by atoms with Gasteiger partial charge in [-0.15, -0.1) is 0 Å². The summed E-state index contributed by atoms with van der Waals surface area (Å²) >= 11 is 9.10. The molecule has 0 fully saturated rings. The topological polar surface area (TPSA) is 72.8 Å². The number of nitrogens with zero attached hydrogens (tertiary/aromatic N) is 4. The van der Waals surface area contributed by atoms with Gasteiger partial charge < -0.3 is 10.1 Å². The van der Waals surface area contributed by atoms with E-state index in [1.54, 1.807) is 30.6 Å². The summed E-state index contributed by atoms with van der Waals surface area (Å²) < 4.78 is 20.9. The predicted octanol–water partition coefficient (Wildman–Crippen LogP) is 5.29. The summed E-state index contributed by atoms with van der Waals surface area (Å²) in [5.41, 5.74) is 0.615. The van der Waals surface area contributed by atoms with Crippen LogP contribution in [0.5, 0.6) is 5.75 Å². The molecule has 0 spiro atoms. The fourth-order valence-electron chi connectivity index (χ4n) is 2.35. The number of ether oxygens (including phenoxy) is 1. The Morgan fingerprint density at radius 2 is 2.00 bits per heavy atom. The normalized spacial score (nSPS) is 11.7. The molecule has 0 aliphatic heterocycles. The number of allylic oxidation sites excluding steroid dienone is 3. The van der Waals surface area contributed by atoms with Gasteiger partial charge in [0.2, 0.25) is 0 Å². The molecule has 3 rings (SSSR count). The number of rotatable bonds is 7. The fraction of sp³-hybridized carbons (Fsp3) is 0.0526. The number of anilines is 1. The molecule has 0 bridgehead atoms. The van der Waals surface area contributed by atoms with E-state index in [0.717, 1.165) is 4.47 Å². The number of aromatic nitrogens is 4. The Bertz CT molecular complexity index is 1070. The lowest BCUT2D eigenvalue weighted by molar-refractivity contribution is 0.299. The summed E-state index contributed by atoms with van der Waals surface area (Å²) in [6.07, 6.45) is 5.90. The van der Waals surface area contributed by atoms with Crippen molar-refractivity contribution < 1.29 is 9.13 Å². The Balaban J connectivity index is 2.05. The van der Waals surface area contributed by atoms with Crippen LogP contribution in [0.2, 0.25) is 0 Å². The maximum atomic E-state index is 14.2. The molecule has 0 aliphatic rings. The van der Waals surface area contributed by atoms with E-state index in [9.17, 15) is 4.39 Å². The molecular weight excluding hydrogens is 449 g/mol. The largest absolute Gasteiger partial charge is 0.485 e. The van der Waals surface area contributed by atoms with Crippen LogP contribution in [0.25, 0.3) is 10.9 Å². The number of halogens is 3. The molecule has 0 saturated carbocycles. The Labute approximate surface area is 174 Å². The van der Waals surface area contributed by atoms with Crippen LogP contribution >= 0.6 is 27.5 Å². The average molecular weight is 463 g/mol. The molecule has 28 heavy (non-hydrogen) atoms. The summed E-state index contributed by atoms with van der Waals surface area (Å²) in [5, 5.41) is 3.18. The Morgan fingerprint density at radius 3 is 2.68 bits per heavy atom. The molecule has 1 aromatic carbocycles. The Kier molecular flexibility index (Phi) is 6.33. The zero-order chi connectivity index (χ0) is 20.1. The lowest BCUT2D eigenvalue weighted by atomic mass is 10.2. The molecule has 0 radical (unpaired) electrons. The molecule has 2 aromatic heterocycles. The summed E-state index contributed by atoms with van der Waals surface area (Å²) in [5.74, 6) is 0.566. The maximum Gasteiger partial charge on any atom is 0.166 e. The second-order valence-electron chi connectivity index (χ2n) is 5.44.